The van der Waals surface area contributed by atoms with Crippen molar-refractivity contribution in [3.05, 3.63) is 40.1 Å². The second-order valence-electron chi connectivity index (χ2n) is 4.08. The average Bonchev–Trinajstić information content (AvgIpc) is 2.73. The SMILES string of the molecule is COc1c(C)cc(Cl)cc1C(=O)Nc1cc(C)on1. The molecule has 0 bridgehead atoms. The van der Waals surface area contributed by atoms with Gasteiger partial charge < -0.3 is 14.6 Å². The van der Waals surface area contributed by atoms with E-state index in [4.69, 9.17) is 20.9 Å². The number of halogens is 1. The Balaban J connectivity index is 2.33. The molecule has 1 amide bonds. The lowest BCUT2D eigenvalue weighted by atomic mass is 10.1. The molecule has 0 spiro atoms. The molecule has 0 aliphatic rings. The van der Waals surface area contributed by atoms with Crippen LogP contribution in [0.1, 0.15) is 21.7 Å². The quantitative estimate of drug-likeness (QED) is 0.938. The maximum absolute atomic E-state index is 12.2. The van der Waals surface area contributed by atoms with Crippen molar-refractivity contribution in [1.29, 1.82) is 0 Å². The minimum absolute atomic E-state index is 0.349. The van der Waals surface area contributed by atoms with Crippen LogP contribution < -0.4 is 10.1 Å². The van der Waals surface area contributed by atoms with Gasteiger partial charge in [-0.15, -0.1) is 0 Å². The molecule has 0 saturated heterocycles. The summed E-state index contributed by atoms with van der Waals surface area (Å²) in [4.78, 5) is 12.2. The highest BCUT2D eigenvalue weighted by Gasteiger charge is 2.17. The van der Waals surface area contributed by atoms with E-state index in [-0.39, 0.29) is 5.91 Å². The van der Waals surface area contributed by atoms with E-state index < -0.39 is 0 Å². The minimum atomic E-state index is -0.351. The maximum Gasteiger partial charge on any atom is 0.260 e. The van der Waals surface area contributed by atoms with Crippen molar-refractivity contribution in [1.82, 2.24) is 5.16 Å². The van der Waals surface area contributed by atoms with E-state index in [1.54, 1.807) is 25.1 Å². The molecular formula is C13H13ClN2O3. The van der Waals surface area contributed by atoms with Gasteiger partial charge in [-0.25, -0.2) is 0 Å². The summed E-state index contributed by atoms with van der Waals surface area (Å²) in [6, 6.07) is 4.91. The summed E-state index contributed by atoms with van der Waals surface area (Å²) in [5, 5.41) is 6.80. The third-order valence-corrected chi connectivity index (χ3v) is 2.78. The number of hydrogen-bond donors (Lipinski definition) is 1. The fourth-order valence-electron chi connectivity index (χ4n) is 1.78. The first-order valence-electron chi connectivity index (χ1n) is 5.60. The highest BCUT2D eigenvalue weighted by Crippen LogP contribution is 2.28. The molecule has 0 aliphatic heterocycles. The van der Waals surface area contributed by atoms with Gasteiger partial charge in [-0.3, -0.25) is 4.79 Å². The number of aromatic nitrogens is 1. The van der Waals surface area contributed by atoms with Crippen molar-refractivity contribution in [2.24, 2.45) is 0 Å². The fraction of sp³-hybridized carbons (Fsp3) is 0.231. The van der Waals surface area contributed by atoms with E-state index in [9.17, 15) is 4.79 Å². The van der Waals surface area contributed by atoms with Gasteiger partial charge in [0.1, 0.15) is 11.5 Å². The lowest BCUT2D eigenvalue weighted by Crippen LogP contribution is -2.14. The van der Waals surface area contributed by atoms with Crippen LogP contribution in [0.15, 0.2) is 22.7 Å². The number of nitrogens with one attached hydrogen (secondary N) is 1. The van der Waals surface area contributed by atoms with Crippen molar-refractivity contribution in [3.63, 3.8) is 0 Å². The molecule has 6 heteroatoms. The van der Waals surface area contributed by atoms with Crippen LogP contribution in [0.5, 0.6) is 5.75 Å². The van der Waals surface area contributed by atoms with Gasteiger partial charge in [0, 0.05) is 11.1 Å². The number of carbonyl (C=O) groups is 1. The Hall–Kier alpha value is -2.01. The Kier molecular flexibility index (Phi) is 3.76. The molecule has 0 atom stereocenters. The van der Waals surface area contributed by atoms with Crippen LogP contribution in [0, 0.1) is 13.8 Å². The zero-order valence-electron chi connectivity index (χ0n) is 10.8. The number of amides is 1. The molecular weight excluding hydrogens is 268 g/mol. The van der Waals surface area contributed by atoms with E-state index >= 15 is 0 Å². The van der Waals surface area contributed by atoms with E-state index in [0.29, 0.717) is 27.9 Å². The molecule has 0 aliphatic carbocycles. The van der Waals surface area contributed by atoms with Crippen LogP contribution in [-0.4, -0.2) is 18.2 Å². The molecule has 1 aromatic carbocycles. The normalized spacial score (nSPS) is 10.3. The van der Waals surface area contributed by atoms with Gasteiger partial charge in [0.25, 0.3) is 5.91 Å². The highest BCUT2D eigenvalue weighted by atomic mass is 35.5. The molecule has 0 unspecified atom stereocenters. The van der Waals surface area contributed by atoms with Crippen LogP contribution in [0.25, 0.3) is 0 Å². The van der Waals surface area contributed by atoms with E-state index in [0.717, 1.165) is 5.56 Å². The van der Waals surface area contributed by atoms with Crippen molar-refractivity contribution >= 4 is 23.3 Å². The Morgan fingerprint density at radius 2 is 2.11 bits per heavy atom. The van der Waals surface area contributed by atoms with E-state index in [2.05, 4.69) is 10.5 Å². The molecule has 1 heterocycles. The third-order valence-electron chi connectivity index (χ3n) is 2.56. The maximum atomic E-state index is 12.2. The number of aryl methyl sites for hydroxylation is 2. The number of benzene rings is 1. The summed E-state index contributed by atoms with van der Waals surface area (Å²) in [6.45, 7) is 3.56. The molecule has 2 rings (SSSR count). The molecule has 0 radical (unpaired) electrons. The smallest absolute Gasteiger partial charge is 0.260 e. The molecule has 1 aromatic heterocycles. The summed E-state index contributed by atoms with van der Waals surface area (Å²) in [7, 11) is 1.51. The average molecular weight is 281 g/mol. The van der Waals surface area contributed by atoms with Crippen LogP contribution in [0.2, 0.25) is 5.02 Å². The van der Waals surface area contributed by atoms with Gasteiger partial charge in [0.2, 0.25) is 0 Å². The number of ether oxygens (including phenoxy) is 1. The molecule has 0 fully saturated rings. The number of hydrogen-bond acceptors (Lipinski definition) is 4. The lowest BCUT2D eigenvalue weighted by Gasteiger charge is -2.11. The van der Waals surface area contributed by atoms with Crippen LogP contribution >= 0.6 is 11.6 Å². The predicted molar refractivity (Wildman–Crippen MR) is 71.9 cm³/mol. The van der Waals surface area contributed by atoms with Crippen LogP contribution in [0.4, 0.5) is 5.82 Å². The van der Waals surface area contributed by atoms with Gasteiger partial charge in [0.15, 0.2) is 5.82 Å². The Labute approximate surface area is 115 Å². The van der Waals surface area contributed by atoms with Crippen molar-refractivity contribution in [2.45, 2.75) is 13.8 Å². The Morgan fingerprint density at radius 3 is 2.68 bits per heavy atom. The van der Waals surface area contributed by atoms with Crippen molar-refractivity contribution < 1.29 is 14.1 Å². The Morgan fingerprint density at radius 1 is 1.37 bits per heavy atom. The number of methoxy groups -OCH3 is 1. The minimum Gasteiger partial charge on any atom is -0.496 e. The third kappa shape index (κ3) is 2.88. The first kappa shape index (κ1) is 13.4. The number of carbonyl (C=O) groups excluding carboxylic acids is 1. The van der Waals surface area contributed by atoms with Gasteiger partial charge in [0.05, 0.1) is 12.7 Å². The van der Waals surface area contributed by atoms with Crippen LogP contribution in [0.3, 0.4) is 0 Å². The summed E-state index contributed by atoms with van der Waals surface area (Å²) < 4.78 is 10.1. The van der Waals surface area contributed by atoms with E-state index in [1.165, 1.54) is 7.11 Å². The van der Waals surface area contributed by atoms with Gasteiger partial charge in [-0.2, -0.15) is 0 Å². The molecule has 2 aromatic rings. The monoisotopic (exact) mass is 280 g/mol. The fourth-order valence-corrected chi connectivity index (χ4v) is 2.05. The summed E-state index contributed by atoms with van der Waals surface area (Å²) in [6.07, 6.45) is 0. The number of nitrogens with zero attached hydrogens (tertiary/aromatic N) is 1. The molecule has 5 nitrogen and oxygen atoms in total. The summed E-state index contributed by atoms with van der Waals surface area (Å²) in [5.41, 5.74) is 1.14. The highest BCUT2D eigenvalue weighted by molar-refractivity contribution is 6.31. The summed E-state index contributed by atoms with van der Waals surface area (Å²) in [5.74, 6) is 1.10. The second kappa shape index (κ2) is 5.32. The van der Waals surface area contributed by atoms with Crippen molar-refractivity contribution in [3.8, 4) is 5.75 Å². The molecule has 19 heavy (non-hydrogen) atoms. The molecule has 0 saturated carbocycles. The van der Waals surface area contributed by atoms with Gasteiger partial charge >= 0.3 is 0 Å². The largest absolute Gasteiger partial charge is 0.496 e. The topological polar surface area (TPSA) is 64.4 Å². The van der Waals surface area contributed by atoms with Gasteiger partial charge in [-0.05, 0) is 31.5 Å². The Bertz CT molecular complexity index is 622. The molecule has 1 N–H and O–H groups in total. The molecule has 100 valence electrons. The van der Waals surface area contributed by atoms with Crippen molar-refractivity contribution in [2.75, 3.05) is 12.4 Å². The van der Waals surface area contributed by atoms with E-state index in [1.807, 2.05) is 6.92 Å². The second-order valence-corrected chi connectivity index (χ2v) is 4.52. The summed E-state index contributed by atoms with van der Waals surface area (Å²) >= 11 is 5.96. The lowest BCUT2D eigenvalue weighted by molar-refractivity contribution is 0.102. The zero-order valence-corrected chi connectivity index (χ0v) is 11.5. The zero-order chi connectivity index (χ0) is 14.0. The first-order chi connectivity index (χ1) is 9.01. The standard InChI is InChI=1S/C13H13ClN2O3/c1-7-4-9(14)6-10(12(7)18-3)13(17)15-11-5-8(2)19-16-11/h4-6H,1-3H3,(H,15,16,17). The van der Waals surface area contributed by atoms with Crippen LogP contribution in [-0.2, 0) is 0 Å². The first-order valence-corrected chi connectivity index (χ1v) is 5.98. The van der Waals surface area contributed by atoms with Gasteiger partial charge in [-0.1, -0.05) is 16.8 Å². The number of anilines is 1. The predicted octanol–water partition coefficient (Wildman–Crippen LogP) is 3.21. The number of rotatable bonds is 3.